The van der Waals surface area contributed by atoms with Crippen LogP contribution >= 0.6 is 0 Å². The van der Waals surface area contributed by atoms with Crippen molar-refractivity contribution in [1.82, 2.24) is 9.88 Å². The van der Waals surface area contributed by atoms with Gasteiger partial charge in [-0.1, -0.05) is 24.3 Å². The summed E-state index contributed by atoms with van der Waals surface area (Å²) in [6.07, 6.45) is 0.337. The van der Waals surface area contributed by atoms with Gasteiger partial charge in [0.05, 0.1) is 18.7 Å². The van der Waals surface area contributed by atoms with Gasteiger partial charge in [-0.05, 0) is 14.1 Å². The second kappa shape index (κ2) is 4.07. The molecule has 0 radical (unpaired) electrons. The molecule has 0 amide bonds. The Kier molecular flexibility index (Phi) is 2.52. The van der Waals surface area contributed by atoms with Crippen molar-refractivity contribution in [2.75, 3.05) is 14.1 Å². The summed E-state index contributed by atoms with van der Waals surface area (Å²) in [6, 6.07) is 7.54. The SMILES string of the molecule is CN(C)Cc1nc2c(o1)-c1ccccc1C(=O)C2. The van der Waals surface area contributed by atoms with Crippen molar-refractivity contribution in [3.63, 3.8) is 0 Å². The van der Waals surface area contributed by atoms with Crippen molar-refractivity contribution in [3.8, 4) is 11.3 Å². The number of carbonyl (C=O) groups excluding carboxylic acids is 1. The molecule has 92 valence electrons. The second-order valence-electron chi connectivity index (χ2n) is 4.77. The molecular formula is C14H14N2O2. The van der Waals surface area contributed by atoms with Crippen molar-refractivity contribution >= 4 is 5.78 Å². The maximum absolute atomic E-state index is 12.0. The Bertz CT molecular complexity index is 614. The summed E-state index contributed by atoms with van der Waals surface area (Å²) in [5, 5.41) is 0. The number of rotatable bonds is 2. The molecule has 0 N–H and O–H groups in total. The monoisotopic (exact) mass is 242 g/mol. The number of ketones is 1. The van der Waals surface area contributed by atoms with Gasteiger partial charge in [0.2, 0.25) is 5.89 Å². The smallest absolute Gasteiger partial charge is 0.209 e. The average molecular weight is 242 g/mol. The van der Waals surface area contributed by atoms with Crippen LogP contribution in [0.15, 0.2) is 28.7 Å². The van der Waals surface area contributed by atoms with Gasteiger partial charge in [0.15, 0.2) is 11.5 Å². The zero-order valence-corrected chi connectivity index (χ0v) is 10.4. The highest BCUT2D eigenvalue weighted by Crippen LogP contribution is 2.33. The van der Waals surface area contributed by atoms with Crippen molar-refractivity contribution in [3.05, 3.63) is 41.4 Å². The van der Waals surface area contributed by atoms with Crippen molar-refractivity contribution in [1.29, 1.82) is 0 Å². The lowest BCUT2D eigenvalue weighted by Gasteiger charge is -2.11. The fourth-order valence-electron chi connectivity index (χ4n) is 2.24. The average Bonchev–Trinajstić information content (AvgIpc) is 2.71. The Morgan fingerprint density at radius 3 is 2.72 bits per heavy atom. The van der Waals surface area contributed by atoms with Gasteiger partial charge < -0.3 is 9.32 Å². The van der Waals surface area contributed by atoms with Crippen LogP contribution in [0, 0.1) is 0 Å². The van der Waals surface area contributed by atoms with Gasteiger partial charge in [0.25, 0.3) is 0 Å². The summed E-state index contributed by atoms with van der Waals surface area (Å²) < 4.78 is 5.79. The minimum absolute atomic E-state index is 0.114. The Hall–Kier alpha value is -1.94. The zero-order valence-electron chi connectivity index (χ0n) is 10.4. The number of oxazole rings is 1. The van der Waals surface area contributed by atoms with Crippen LogP contribution in [0.4, 0.5) is 0 Å². The number of aromatic nitrogens is 1. The first-order valence-electron chi connectivity index (χ1n) is 5.91. The van der Waals surface area contributed by atoms with E-state index >= 15 is 0 Å². The van der Waals surface area contributed by atoms with Gasteiger partial charge in [0.1, 0.15) is 0 Å². The molecule has 18 heavy (non-hydrogen) atoms. The van der Waals surface area contributed by atoms with Crippen LogP contribution in [-0.4, -0.2) is 29.8 Å². The lowest BCUT2D eigenvalue weighted by Crippen LogP contribution is -2.12. The molecule has 0 saturated carbocycles. The summed E-state index contributed by atoms with van der Waals surface area (Å²) in [5.41, 5.74) is 2.36. The maximum Gasteiger partial charge on any atom is 0.209 e. The molecule has 0 aliphatic heterocycles. The largest absolute Gasteiger partial charge is 0.439 e. The van der Waals surface area contributed by atoms with E-state index in [0.29, 0.717) is 18.9 Å². The highest BCUT2D eigenvalue weighted by Gasteiger charge is 2.27. The quantitative estimate of drug-likeness (QED) is 0.809. The summed E-state index contributed by atoms with van der Waals surface area (Å²) in [6.45, 7) is 0.642. The van der Waals surface area contributed by atoms with Gasteiger partial charge in [-0.2, -0.15) is 0 Å². The molecule has 4 heteroatoms. The summed E-state index contributed by atoms with van der Waals surface area (Å²) >= 11 is 0. The molecule has 0 fully saturated rings. The molecule has 1 aliphatic rings. The van der Waals surface area contributed by atoms with Crippen LogP contribution in [0.1, 0.15) is 21.9 Å². The number of hydrogen-bond acceptors (Lipinski definition) is 4. The lowest BCUT2D eigenvalue weighted by atomic mass is 9.92. The molecule has 1 heterocycles. The molecule has 3 rings (SSSR count). The number of nitrogens with zero attached hydrogens (tertiary/aromatic N) is 2. The molecule has 2 aromatic rings. The summed E-state index contributed by atoms with van der Waals surface area (Å²) in [7, 11) is 3.92. The number of benzene rings is 1. The predicted octanol–water partition coefficient (Wildman–Crippen LogP) is 2.14. The van der Waals surface area contributed by atoms with E-state index in [1.54, 1.807) is 0 Å². The zero-order chi connectivity index (χ0) is 12.7. The normalized spacial score (nSPS) is 13.6. The Labute approximate surface area is 105 Å². The van der Waals surface area contributed by atoms with E-state index in [1.807, 2.05) is 43.3 Å². The summed E-state index contributed by atoms with van der Waals surface area (Å²) in [5.74, 6) is 1.53. The van der Waals surface area contributed by atoms with Crippen LogP contribution in [0.3, 0.4) is 0 Å². The second-order valence-corrected chi connectivity index (χ2v) is 4.77. The van der Waals surface area contributed by atoms with Gasteiger partial charge in [-0.25, -0.2) is 4.98 Å². The van der Waals surface area contributed by atoms with Crippen molar-refractivity contribution in [2.45, 2.75) is 13.0 Å². The molecule has 0 unspecified atom stereocenters. The molecule has 0 bridgehead atoms. The lowest BCUT2D eigenvalue weighted by molar-refractivity contribution is 0.0990. The van der Waals surface area contributed by atoms with Gasteiger partial charge in [-0.15, -0.1) is 0 Å². The highest BCUT2D eigenvalue weighted by molar-refractivity contribution is 6.06. The fourth-order valence-corrected chi connectivity index (χ4v) is 2.24. The van der Waals surface area contributed by atoms with E-state index in [4.69, 9.17) is 4.42 Å². The minimum atomic E-state index is 0.114. The molecule has 1 aliphatic carbocycles. The van der Waals surface area contributed by atoms with Crippen LogP contribution in [0.2, 0.25) is 0 Å². The molecule has 0 atom stereocenters. The van der Waals surface area contributed by atoms with Crippen molar-refractivity contribution < 1.29 is 9.21 Å². The number of fused-ring (bicyclic) bond motifs is 3. The molecule has 0 spiro atoms. The Morgan fingerprint density at radius 2 is 2.00 bits per heavy atom. The molecule has 1 aromatic carbocycles. The van der Waals surface area contributed by atoms with E-state index in [2.05, 4.69) is 4.98 Å². The van der Waals surface area contributed by atoms with E-state index < -0.39 is 0 Å². The van der Waals surface area contributed by atoms with Crippen LogP contribution < -0.4 is 0 Å². The van der Waals surface area contributed by atoms with Crippen LogP contribution in [0.25, 0.3) is 11.3 Å². The third-order valence-corrected chi connectivity index (χ3v) is 2.99. The van der Waals surface area contributed by atoms with E-state index in [0.717, 1.165) is 22.6 Å². The van der Waals surface area contributed by atoms with E-state index in [-0.39, 0.29) is 5.78 Å². The summed E-state index contributed by atoms with van der Waals surface area (Å²) in [4.78, 5) is 18.4. The Morgan fingerprint density at radius 1 is 1.28 bits per heavy atom. The minimum Gasteiger partial charge on any atom is -0.439 e. The van der Waals surface area contributed by atoms with E-state index in [9.17, 15) is 4.79 Å². The highest BCUT2D eigenvalue weighted by atomic mass is 16.4. The van der Waals surface area contributed by atoms with Crippen LogP contribution in [-0.2, 0) is 13.0 Å². The fraction of sp³-hybridized carbons (Fsp3) is 0.286. The predicted molar refractivity (Wildman–Crippen MR) is 67.4 cm³/mol. The third-order valence-electron chi connectivity index (χ3n) is 2.99. The van der Waals surface area contributed by atoms with Gasteiger partial charge >= 0.3 is 0 Å². The van der Waals surface area contributed by atoms with Gasteiger partial charge in [-0.3, -0.25) is 4.79 Å². The first-order valence-corrected chi connectivity index (χ1v) is 5.91. The number of carbonyl (C=O) groups is 1. The van der Waals surface area contributed by atoms with Crippen LogP contribution in [0.5, 0.6) is 0 Å². The third kappa shape index (κ3) is 1.75. The Balaban J connectivity index is 2.10. The van der Waals surface area contributed by atoms with Crippen molar-refractivity contribution in [2.24, 2.45) is 0 Å². The maximum atomic E-state index is 12.0. The standard InChI is InChI=1S/C14H14N2O2/c1-16(2)8-13-15-11-7-12(17)9-5-3-4-6-10(9)14(11)18-13/h3-6H,7-8H2,1-2H3. The van der Waals surface area contributed by atoms with Gasteiger partial charge in [0, 0.05) is 11.1 Å². The first-order chi connectivity index (χ1) is 8.65. The molecule has 4 nitrogen and oxygen atoms in total. The number of hydrogen-bond donors (Lipinski definition) is 0. The first kappa shape index (κ1) is 11.2. The number of Topliss-reactive ketones (excluding diaryl/α,β-unsaturated/α-hetero) is 1. The molecular weight excluding hydrogens is 228 g/mol. The molecule has 1 aromatic heterocycles. The van der Waals surface area contributed by atoms with E-state index in [1.165, 1.54) is 0 Å². The topological polar surface area (TPSA) is 46.3 Å². The molecule has 0 saturated heterocycles.